The summed E-state index contributed by atoms with van der Waals surface area (Å²) in [5.74, 6) is 0.929. The average Bonchev–Trinajstić information content (AvgIpc) is 3.16. The van der Waals surface area contributed by atoms with Gasteiger partial charge < -0.3 is 5.73 Å². The summed E-state index contributed by atoms with van der Waals surface area (Å²) >= 11 is 0. The Hall–Kier alpha value is -5.66. The molecule has 51 heavy (non-hydrogen) atoms. The maximum atomic E-state index is 4.61. The van der Waals surface area contributed by atoms with Crippen molar-refractivity contribution in [2.45, 2.75) is 52.4 Å². The fourth-order valence-electron chi connectivity index (χ4n) is 6.89. The van der Waals surface area contributed by atoms with Gasteiger partial charge in [-0.3, -0.25) is 0 Å². The molecule has 7 rings (SSSR count). The first-order valence-electron chi connectivity index (χ1n) is 18.1. The molecule has 0 saturated carbocycles. The molecule has 1 heteroatoms. The number of nitrogens with two attached hydrogens (primary N) is 1. The van der Waals surface area contributed by atoms with Gasteiger partial charge in [0.1, 0.15) is 0 Å². The van der Waals surface area contributed by atoms with Crippen LogP contribution in [0.25, 0.3) is 54.6 Å². The molecule has 0 saturated heterocycles. The van der Waals surface area contributed by atoms with Crippen molar-refractivity contribution in [1.29, 1.82) is 0 Å². The van der Waals surface area contributed by atoms with E-state index in [0.29, 0.717) is 11.8 Å². The Morgan fingerprint density at radius 2 is 1.22 bits per heavy atom. The van der Waals surface area contributed by atoms with Crippen LogP contribution in [-0.2, 0) is 0 Å². The van der Waals surface area contributed by atoms with Gasteiger partial charge in [-0.2, -0.15) is 0 Å². The summed E-state index contributed by atoms with van der Waals surface area (Å²) in [4.78, 5) is 0. The molecular weight excluding hydrogens is 615 g/mol. The number of hydrogen-bond acceptors (Lipinski definition) is 1. The van der Waals surface area contributed by atoms with Crippen molar-refractivity contribution in [3.63, 3.8) is 0 Å². The zero-order chi connectivity index (χ0) is 36.2. The lowest BCUT2D eigenvalue weighted by atomic mass is 9.84. The third kappa shape index (κ3) is 8.56. The minimum atomic E-state index is 0.412. The van der Waals surface area contributed by atoms with Crippen LogP contribution in [0.5, 0.6) is 0 Å². The van der Waals surface area contributed by atoms with Gasteiger partial charge in [0.15, 0.2) is 0 Å². The quantitative estimate of drug-likeness (QED) is 0.102. The molecule has 256 valence electrons. The molecule has 1 aliphatic rings. The monoisotopic (exact) mass is 665 g/mol. The van der Waals surface area contributed by atoms with Gasteiger partial charge in [0.25, 0.3) is 0 Å². The number of benzene rings is 6. The van der Waals surface area contributed by atoms with Crippen LogP contribution >= 0.6 is 0 Å². The van der Waals surface area contributed by atoms with Gasteiger partial charge in [0.05, 0.1) is 0 Å². The summed E-state index contributed by atoms with van der Waals surface area (Å²) in [5, 5.41) is 7.76. The average molecular weight is 666 g/mol. The third-order valence-corrected chi connectivity index (χ3v) is 9.43. The van der Waals surface area contributed by atoms with Crippen LogP contribution in [0.3, 0.4) is 0 Å². The maximum absolute atomic E-state index is 4.61. The predicted octanol–water partition coefficient (Wildman–Crippen LogP) is 14.4. The van der Waals surface area contributed by atoms with Crippen molar-refractivity contribution >= 4 is 32.3 Å². The van der Waals surface area contributed by atoms with E-state index in [1.165, 1.54) is 77.5 Å². The van der Waals surface area contributed by atoms with Crippen molar-refractivity contribution in [1.82, 2.24) is 0 Å². The summed E-state index contributed by atoms with van der Waals surface area (Å²) in [5.41, 5.74) is 13.9. The topological polar surface area (TPSA) is 26.0 Å². The Morgan fingerprint density at radius 3 is 1.71 bits per heavy atom. The van der Waals surface area contributed by atoms with Crippen molar-refractivity contribution < 1.29 is 0 Å². The smallest absolute Gasteiger partial charge is 0.00561 e. The van der Waals surface area contributed by atoms with E-state index in [1.807, 2.05) is 44.2 Å². The minimum absolute atomic E-state index is 0.412. The number of allylic oxidation sites excluding steroid dienone is 9. The van der Waals surface area contributed by atoms with Gasteiger partial charge in [-0.05, 0) is 116 Å². The molecule has 6 aromatic carbocycles. The van der Waals surface area contributed by atoms with Gasteiger partial charge in [0.2, 0.25) is 0 Å². The van der Waals surface area contributed by atoms with Gasteiger partial charge >= 0.3 is 0 Å². The normalized spacial score (nSPS) is 14.0. The van der Waals surface area contributed by atoms with Crippen LogP contribution < -0.4 is 5.73 Å². The number of rotatable bonds is 7. The molecule has 1 unspecified atom stereocenters. The Balaban J connectivity index is 0.000000503. The Labute approximate surface area is 305 Å². The molecule has 0 aromatic heterocycles. The molecule has 1 aliphatic carbocycles. The maximum Gasteiger partial charge on any atom is 0.00561 e. The van der Waals surface area contributed by atoms with E-state index in [4.69, 9.17) is 0 Å². The molecule has 0 aliphatic heterocycles. The second kappa shape index (κ2) is 17.8. The van der Waals surface area contributed by atoms with Crippen LogP contribution in [-0.4, -0.2) is 0 Å². The second-order valence-corrected chi connectivity index (χ2v) is 13.2. The molecule has 2 N–H and O–H groups in total. The molecule has 6 aromatic rings. The second-order valence-electron chi connectivity index (χ2n) is 13.2. The first kappa shape index (κ1) is 36.6. The Morgan fingerprint density at radius 1 is 0.686 bits per heavy atom. The van der Waals surface area contributed by atoms with Gasteiger partial charge in [-0.1, -0.05) is 172 Å². The SMILES string of the molecule is C/C=C\C=C/C.C=CCC1=CCC(c2ccc3ccc(-c4c5ccccc5c(-c5ccc(C(C)C)cc5)c5ccccc45)cc3c2)C=C1.C=CN. The highest BCUT2D eigenvalue weighted by atomic mass is 14.5. The lowest BCUT2D eigenvalue weighted by Crippen LogP contribution is -1.98. The van der Waals surface area contributed by atoms with Gasteiger partial charge in [0, 0.05) is 5.92 Å². The van der Waals surface area contributed by atoms with E-state index in [9.17, 15) is 0 Å². The van der Waals surface area contributed by atoms with Crippen molar-refractivity contribution in [2.24, 2.45) is 5.73 Å². The van der Waals surface area contributed by atoms with Crippen molar-refractivity contribution in [3.05, 3.63) is 194 Å². The van der Waals surface area contributed by atoms with Crippen LogP contribution in [0.4, 0.5) is 0 Å². The van der Waals surface area contributed by atoms with Gasteiger partial charge in [-0.15, -0.1) is 6.58 Å². The van der Waals surface area contributed by atoms with Crippen LogP contribution in [0, 0.1) is 0 Å². The molecule has 0 bridgehead atoms. The summed E-state index contributed by atoms with van der Waals surface area (Å²) in [7, 11) is 0. The molecule has 0 amide bonds. The highest BCUT2D eigenvalue weighted by Crippen LogP contribution is 2.44. The summed E-state index contributed by atoms with van der Waals surface area (Å²) in [6.45, 7) is 15.5. The summed E-state index contributed by atoms with van der Waals surface area (Å²) in [6.07, 6.45) is 20.2. The van der Waals surface area contributed by atoms with Crippen LogP contribution in [0.2, 0.25) is 0 Å². The lowest BCUT2D eigenvalue weighted by molar-refractivity contribution is 0.842. The van der Waals surface area contributed by atoms with Crippen molar-refractivity contribution in [2.75, 3.05) is 0 Å². The van der Waals surface area contributed by atoms with E-state index in [-0.39, 0.29) is 0 Å². The zero-order valence-electron chi connectivity index (χ0n) is 30.6. The molecule has 0 radical (unpaired) electrons. The van der Waals surface area contributed by atoms with E-state index in [2.05, 4.69) is 160 Å². The first-order chi connectivity index (χ1) is 24.9. The predicted molar refractivity (Wildman–Crippen MR) is 227 cm³/mol. The molecule has 1 atom stereocenters. The fourth-order valence-corrected chi connectivity index (χ4v) is 6.89. The largest absolute Gasteiger partial charge is 0.405 e. The highest BCUT2D eigenvalue weighted by Gasteiger charge is 2.17. The third-order valence-electron chi connectivity index (χ3n) is 9.43. The number of hydrogen-bond donors (Lipinski definition) is 1. The van der Waals surface area contributed by atoms with E-state index in [1.54, 1.807) is 0 Å². The molecule has 0 spiro atoms. The van der Waals surface area contributed by atoms with Gasteiger partial charge in [-0.25, -0.2) is 0 Å². The van der Waals surface area contributed by atoms with E-state index in [0.717, 1.165) is 12.8 Å². The zero-order valence-corrected chi connectivity index (χ0v) is 30.6. The summed E-state index contributed by atoms with van der Waals surface area (Å²) in [6, 6.07) is 41.0. The lowest BCUT2D eigenvalue weighted by Gasteiger charge is -2.19. The number of fused-ring (bicyclic) bond motifs is 3. The molecular formula is C50H51N. The van der Waals surface area contributed by atoms with E-state index >= 15 is 0 Å². The standard InChI is InChI=1S/C42H36.C6H10.C2H5N/c1-4-9-29-14-16-31(17-15-29)34-24-20-32-21-25-35(27-36(32)26-34)42-39-12-7-5-10-37(39)41(38-11-6-8-13-40(38)42)33-22-18-30(19-23-33)28(2)3;1-3-5-6-4-2;1-2-3/h4-8,10-16,18-28,31H,1,9,17H2,2-3H3;3-6H,1-2H3;2H,1,3H2/b;5-3-,6-4-;. The molecule has 1 nitrogen and oxygen atoms in total. The van der Waals surface area contributed by atoms with Crippen LogP contribution in [0.1, 0.15) is 63.5 Å². The summed E-state index contributed by atoms with van der Waals surface area (Å²) < 4.78 is 0. The molecule has 0 heterocycles. The van der Waals surface area contributed by atoms with Crippen molar-refractivity contribution in [3.8, 4) is 22.3 Å². The van der Waals surface area contributed by atoms with Crippen LogP contribution in [0.15, 0.2) is 183 Å². The minimum Gasteiger partial charge on any atom is -0.405 e. The van der Waals surface area contributed by atoms with E-state index < -0.39 is 0 Å². The highest BCUT2D eigenvalue weighted by molar-refractivity contribution is 6.21. The Bertz CT molecular complexity index is 2170. The fraction of sp³-hybridized carbons (Fsp3) is 0.160. The Kier molecular flexibility index (Phi) is 12.8. The first-order valence-corrected chi connectivity index (χ1v) is 18.1. The molecule has 0 fully saturated rings.